The molecule has 8 heteroatoms. The van der Waals surface area contributed by atoms with E-state index in [0.717, 1.165) is 12.0 Å². The Labute approximate surface area is 157 Å². The van der Waals surface area contributed by atoms with Gasteiger partial charge in [0.05, 0.1) is 19.2 Å². The van der Waals surface area contributed by atoms with Crippen molar-refractivity contribution in [2.24, 2.45) is 0 Å². The summed E-state index contributed by atoms with van der Waals surface area (Å²) in [5.74, 6) is 0.111. The zero-order chi connectivity index (χ0) is 19.9. The summed E-state index contributed by atoms with van der Waals surface area (Å²) in [7, 11) is 1.91. The van der Waals surface area contributed by atoms with Gasteiger partial charge in [0.1, 0.15) is 11.9 Å². The molecule has 1 aromatic rings. The zero-order valence-corrected chi connectivity index (χ0v) is 15.6. The summed E-state index contributed by atoms with van der Waals surface area (Å²) < 4.78 is 42.6. The Balaban J connectivity index is 1.84. The molecule has 0 saturated carbocycles. The van der Waals surface area contributed by atoms with Crippen LogP contribution in [0.1, 0.15) is 38.2 Å². The minimum absolute atomic E-state index is 0.231. The van der Waals surface area contributed by atoms with Gasteiger partial charge >= 0.3 is 6.18 Å². The summed E-state index contributed by atoms with van der Waals surface area (Å²) in [6.07, 6.45) is 2.70. The number of nitrogens with zero attached hydrogens (tertiary/aromatic N) is 2. The van der Waals surface area contributed by atoms with Crippen molar-refractivity contribution in [3.8, 4) is 5.75 Å². The van der Waals surface area contributed by atoms with Crippen LogP contribution in [-0.2, 0) is 4.79 Å². The van der Waals surface area contributed by atoms with Gasteiger partial charge in [-0.15, -0.1) is 0 Å². The first-order valence-corrected chi connectivity index (χ1v) is 9.07. The largest absolute Gasteiger partial charge is 0.487 e. The summed E-state index contributed by atoms with van der Waals surface area (Å²) in [5.41, 5.74) is 0.909. The summed E-state index contributed by atoms with van der Waals surface area (Å²) in [4.78, 5) is 17.5. The van der Waals surface area contributed by atoms with Crippen molar-refractivity contribution in [3.63, 3.8) is 0 Å². The van der Waals surface area contributed by atoms with Gasteiger partial charge in [0.2, 0.25) is 5.91 Å². The van der Waals surface area contributed by atoms with Crippen LogP contribution in [0.15, 0.2) is 24.5 Å². The van der Waals surface area contributed by atoms with E-state index >= 15 is 0 Å². The highest BCUT2D eigenvalue weighted by atomic mass is 19.4. The zero-order valence-electron chi connectivity index (χ0n) is 15.6. The molecule has 1 fully saturated rings. The number of hydrogen-bond acceptors (Lipinski definition) is 4. The lowest BCUT2D eigenvalue weighted by molar-refractivity contribution is -0.148. The highest BCUT2D eigenvalue weighted by Crippen LogP contribution is 2.24. The molecule has 1 aliphatic rings. The highest BCUT2D eigenvalue weighted by Gasteiger charge is 2.32. The van der Waals surface area contributed by atoms with Gasteiger partial charge in [0.25, 0.3) is 0 Å². The number of pyridine rings is 1. The molecule has 1 aromatic heterocycles. The number of hydrogen-bond donors (Lipinski definition) is 1. The second-order valence-electron chi connectivity index (χ2n) is 6.77. The Morgan fingerprint density at radius 2 is 2.26 bits per heavy atom. The van der Waals surface area contributed by atoms with E-state index in [1.807, 2.05) is 19.2 Å². The Bertz CT molecular complexity index is 649. The lowest BCUT2D eigenvalue weighted by Crippen LogP contribution is -2.31. The summed E-state index contributed by atoms with van der Waals surface area (Å²) in [6, 6.07) is 2.25. The molecule has 0 aromatic carbocycles. The molecule has 2 heterocycles. The van der Waals surface area contributed by atoms with Crippen molar-refractivity contribution in [1.82, 2.24) is 15.2 Å². The standard InChI is InChI=1S/C19H26F3N3O2/c1-14(23-2)4-3-5-15-10-17(12-24-11-15)27-16-7-9-25(13-16)18(26)6-8-19(20,21)22/h3,5,10-12,14,16,23H,4,6-9,13H2,1-2H3/t14-,16-/m0/s1. The Kier molecular flexibility index (Phi) is 7.65. The average molecular weight is 385 g/mol. The first-order valence-electron chi connectivity index (χ1n) is 9.07. The van der Waals surface area contributed by atoms with Gasteiger partial charge in [-0.25, -0.2) is 0 Å². The van der Waals surface area contributed by atoms with Gasteiger partial charge in [-0.3, -0.25) is 9.78 Å². The second kappa shape index (κ2) is 9.73. The highest BCUT2D eigenvalue weighted by molar-refractivity contribution is 5.76. The number of carbonyl (C=O) groups is 1. The Morgan fingerprint density at radius 3 is 2.96 bits per heavy atom. The van der Waals surface area contributed by atoms with Crippen molar-refractivity contribution in [3.05, 3.63) is 30.1 Å². The van der Waals surface area contributed by atoms with Gasteiger partial charge in [-0.05, 0) is 32.0 Å². The number of rotatable bonds is 8. The van der Waals surface area contributed by atoms with E-state index in [-0.39, 0.29) is 6.10 Å². The normalized spacial score (nSPS) is 18.9. The van der Waals surface area contributed by atoms with Gasteiger partial charge in [0.15, 0.2) is 0 Å². The molecule has 0 unspecified atom stereocenters. The number of likely N-dealkylation sites (tertiary alicyclic amines) is 1. The van der Waals surface area contributed by atoms with Gasteiger partial charge < -0.3 is 15.0 Å². The van der Waals surface area contributed by atoms with Crippen molar-refractivity contribution >= 4 is 12.0 Å². The lowest BCUT2D eigenvalue weighted by atomic mass is 10.2. The molecule has 1 aliphatic heterocycles. The van der Waals surface area contributed by atoms with Crippen LogP contribution in [0.4, 0.5) is 13.2 Å². The maximum atomic E-state index is 12.2. The van der Waals surface area contributed by atoms with Crippen LogP contribution in [0.25, 0.3) is 6.08 Å². The van der Waals surface area contributed by atoms with E-state index in [2.05, 4.69) is 23.3 Å². The van der Waals surface area contributed by atoms with Crippen molar-refractivity contribution in [2.75, 3.05) is 20.1 Å². The fourth-order valence-corrected chi connectivity index (χ4v) is 2.77. The summed E-state index contributed by atoms with van der Waals surface area (Å²) in [6.45, 7) is 2.80. The molecule has 0 spiro atoms. The topological polar surface area (TPSA) is 54.5 Å². The molecule has 5 nitrogen and oxygen atoms in total. The molecule has 1 saturated heterocycles. The number of nitrogens with one attached hydrogen (secondary N) is 1. The van der Waals surface area contributed by atoms with E-state index in [0.29, 0.717) is 31.3 Å². The van der Waals surface area contributed by atoms with E-state index in [1.165, 1.54) is 4.90 Å². The van der Waals surface area contributed by atoms with Crippen LogP contribution >= 0.6 is 0 Å². The number of alkyl halides is 3. The van der Waals surface area contributed by atoms with Crippen LogP contribution in [-0.4, -0.2) is 54.3 Å². The minimum atomic E-state index is -4.31. The first kappa shape index (κ1) is 21.2. The number of ether oxygens (including phenoxy) is 1. The first-order chi connectivity index (χ1) is 12.8. The van der Waals surface area contributed by atoms with E-state index in [1.54, 1.807) is 12.4 Å². The number of aromatic nitrogens is 1. The molecule has 0 bridgehead atoms. The van der Waals surface area contributed by atoms with Crippen LogP contribution in [0, 0.1) is 0 Å². The second-order valence-corrected chi connectivity index (χ2v) is 6.77. The van der Waals surface area contributed by atoms with Crippen LogP contribution in [0.2, 0.25) is 0 Å². The predicted molar refractivity (Wildman–Crippen MR) is 97.3 cm³/mol. The quantitative estimate of drug-likeness (QED) is 0.745. The monoisotopic (exact) mass is 385 g/mol. The average Bonchev–Trinajstić information content (AvgIpc) is 3.07. The van der Waals surface area contributed by atoms with Crippen molar-refractivity contribution in [2.45, 2.75) is 50.9 Å². The molecular weight excluding hydrogens is 359 g/mol. The molecule has 150 valence electrons. The smallest absolute Gasteiger partial charge is 0.389 e. The van der Waals surface area contributed by atoms with Crippen LogP contribution < -0.4 is 10.1 Å². The molecule has 2 atom stereocenters. The molecule has 27 heavy (non-hydrogen) atoms. The minimum Gasteiger partial charge on any atom is -0.487 e. The SMILES string of the molecule is CN[C@@H](C)CC=Cc1cncc(O[C@H]2CCN(C(=O)CCC(F)(F)F)C2)c1. The van der Waals surface area contributed by atoms with Gasteiger partial charge in [-0.2, -0.15) is 13.2 Å². The molecule has 1 N–H and O–H groups in total. The Morgan fingerprint density at radius 1 is 1.48 bits per heavy atom. The molecule has 1 amide bonds. The maximum absolute atomic E-state index is 12.2. The predicted octanol–water partition coefficient (Wildman–Crippen LogP) is 3.42. The van der Waals surface area contributed by atoms with Gasteiger partial charge in [0, 0.05) is 31.6 Å². The molecular formula is C19H26F3N3O2. The van der Waals surface area contributed by atoms with Crippen LogP contribution in [0.3, 0.4) is 0 Å². The van der Waals surface area contributed by atoms with Crippen molar-refractivity contribution < 1.29 is 22.7 Å². The molecule has 2 rings (SSSR count). The van der Waals surface area contributed by atoms with E-state index in [9.17, 15) is 18.0 Å². The molecule has 0 radical (unpaired) electrons. The number of halogens is 3. The lowest BCUT2D eigenvalue weighted by Gasteiger charge is -2.17. The summed E-state index contributed by atoms with van der Waals surface area (Å²) >= 11 is 0. The van der Waals surface area contributed by atoms with E-state index in [4.69, 9.17) is 4.74 Å². The third kappa shape index (κ3) is 7.58. The van der Waals surface area contributed by atoms with Crippen molar-refractivity contribution in [1.29, 1.82) is 0 Å². The third-order valence-electron chi connectivity index (χ3n) is 4.45. The number of amides is 1. The Hall–Kier alpha value is -2.09. The number of carbonyl (C=O) groups excluding carboxylic acids is 1. The van der Waals surface area contributed by atoms with Crippen LogP contribution in [0.5, 0.6) is 5.75 Å². The maximum Gasteiger partial charge on any atom is 0.389 e. The molecule has 0 aliphatic carbocycles. The van der Waals surface area contributed by atoms with E-state index < -0.39 is 24.9 Å². The fraction of sp³-hybridized carbons (Fsp3) is 0.579. The van der Waals surface area contributed by atoms with Gasteiger partial charge in [-0.1, -0.05) is 12.2 Å². The summed E-state index contributed by atoms with van der Waals surface area (Å²) in [5, 5.41) is 3.16. The fourth-order valence-electron chi connectivity index (χ4n) is 2.77. The third-order valence-corrected chi connectivity index (χ3v) is 4.45.